The first-order valence-corrected chi connectivity index (χ1v) is 7.17. The van der Waals surface area contributed by atoms with Gasteiger partial charge in [-0.15, -0.1) is 0 Å². The highest BCUT2D eigenvalue weighted by Gasteiger charge is 2.41. The van der Waals surface area contributed by atoms with Gasteiger partial charge in [-0.05, 0) is 25.7 Å². The second-order valence-corrected chi connectivity index (χ2v) is 5.73. The van der Waals surface area contributed by atoms with Crippen molar-refractivity contribution in [2.45, 2.75) is 58.2 Å². The molecule has 2 rings (SSSR count). The van der Waals surface area contributed by atoms with Crippen molar-refractivity contribution in [3.05, 3.63) is 0 Å². The van der Waals surface area contributed by atoms with Crippen molar-refractivity contribution in [2.75, 3.05) is 13.1 Å². The summed E-state index contributed by atoms with van der Waals surface area (Å²) >= 11 is 0. The zero-order chi connectivity index (χ0) is 14.0. The Labute approximate surface area is 113 Å². The molecule has 2 unspecified atom stereocenters. The highest BCUT2D eigenvalue weighted by Crippen LogP contribution is 2.33. The molecule has 0 spiro atoms. The predicted molar refractivity (Wildman–Crippen MR) is 69.7 cm³/mol. The number of rotatable bonds is 5. The number of aliphatic carboxylic acids is 1. The zero-order valence-electron chi connectivity index (χ0n) is 11.7. The van der Waals surface area contributed by atoms with Crippen molar-refractivity contribution >= 4 is 11.9 Å². The predicted octanol–water partition coefficient (Wildman–Crippen LogP) is 1.66. The number of ether oxygens (including phenoxy) is 1. The molecule has 19 heavy (non-hydrogen) atoms. The molecule has 0 aromatic carbocycles. The van der Waals surface area contributed by atoms with E-state index in [1.165, 1.54) is 0 Å². The smallest absolute Gasteiger partial charge is 0.310 e. The average molecular weight is 269 g/mol. The first-order valence-electron chi connectivity index (χ1n) is 7.17. The Kier molecular flexibility index (Phi) is 4.13. The Balaban J connectivity index is 2.01. The van der Waals surface area contributed by atoms with Gasteiger partial charge in [0.2, 0.25) is 5.91 Å². The summed E-state index contributed by atoms with van der Waals surface area (Å²) in [7, 11) is 0. The molecule has 2 saturated heterocycles. The number of nitrogens with zero attached hydrogens (tertiary/aromatic N) is 1. The largest absolute Gasteiger partial charge is 0.481 e. The molecule has 0 aromatic heterocycles. The fourth-order valence-electron chi connectivity index (χ4n) is 3.10. The van der Waals surface area contributed by atoms with Gasteiger partial charge in [-0.25, -0.2) is 0 Å². The molecule has 0 aromatic rings. The van der Waals surface area contributed by atoms with Crippen LogP contribution in [0.3, 0.4) is 0 Å². The van der Waals surface area contributed by atoms with E-state index in [1.807, 2.05) is 13.8 Å². The highest BCUT2D eigenvalue weighted by molar-refractivity contribution is 5.85. The van der Waals surface area contributed by atoms with Crippen molar-refractivity contribution in [2.24, 2.45) is 5.41 Å². The summed E-state index contributed by atoms with van der Waals surface area (Å²) in [6, 6.07) is 0. The van der Waals surface area contributed by atoms with Crippen molar-refractivity contribution in [3.63, 3.8) is 0 Å². The maximum Gasteiger partial charge on any atom is 0.310 e. The Hall–Kier alpha value is -1.10. The number of likely N-dealkylation sites (tertiary alicyclic amines) is 1. The second-order valence-electron chi connectivity index (χ2n) is 5.73. The van der Waals surface area contributed by atoms with Gasteiger partial charge in [0.1, 0.15) is 0 Å². The average Bonchev–Trinajstić information content (AvgIpc) is 2.74. The maximum absolute atomic E-state index is 12.4. The fourth-order valence-corrected chi connectivity index (χ4v) is 3.10. The van der Waals surface area contributed by atoms with E-state index in [0.29, 0.717) is 25.9 Å². The van der Waals surface area contributed by atoms with Crippen LogP contribution < -0.4 is 0 Å². The molecule has 2 atom stereocenters. The van der Waals surface area contributed by atoms with Crippen LogP contribution in [-0.4, -0.2) is 47.2 Å². The Morgan fingerprint density at radius 3 is 2.16 bits per heavy atom. The third-order valence-electron chi connectivity index (χ3n) is 4.69. The second kappa shape index (κ2) is 5.49. The van der Waals surface area contributed by atoms with Crippen molar-refractivity contribution in [3.8, 4) is 0 Å². The monoisotopic (exact) mass is 269 g/mol. The van der Waals surface area contributed by atoms with Gasteiger partial charge >= 0.3 is 5.97 Å². The molecule has 0 aliphatic carbocycles. The number of carboxylic acids is 1. The van der Waals surface area contributed by atoms with Gasteiger partial charge in [-0.2, -0.15) is 0 Å². The first kappa shape index (κ1) is 14.3. The fraction of sp³-hybridized carbons (Fsp3) is 0.857. The Morgan fingerprint density at radius 2 is 1.74 bits per heavy atom. The standard InChI is InChI=1S/C14H23NO4/c1-3-14(4-2,13(17)18)7-12(16)15-8-10-5-6-11(9-15)19-10/h10-11H,3-9H2,1-2H3,(H,17,18). The molecule has 0 radical (unpaired) electrons. The number of hydrogen-bond donors (Lipinski definition) is 1. The third-order valence-corrected chi connectivity index (χ3v) is 4.69. The molecule has 1 amide bonds. The Morgan fingerprint density at radius 1 is 1.21 bits per heavy atom. The minimum absolute atomic E-state index is 0.0358. The number of morpholine rings is 1. The lowest BCUT2D eigenvalue weighted by Gasteiger charge is -2.35. The quantitative estimate of drug-likeness (QED) is 0.824. The molecule has 2 heterocycles. The summed E-state index contributed by atoms with van der Waals surface area (Å²) in [5, 5.41) is 9.39. The van der Waals surface area contributed by atoms with Crippen molar-refractivity contribution in [1.82, 2.24) is 4.90 Å². The lowest BCUT2D eigenvalue weighted by atomic mass is 9.79. The molecule has 2 aliphatic rings. The van der Waals surface area contributed by atoms with Crippen LogP contribution in [0.25, 0.3) is 0 Å². The van der Waals surface area contributed by atoms with Gasteiger partial charge in [-0.3, -0.25) is 9.59 Å². The number of carbonyl (C=O) groups is 2. The summed E-state index contributed by atoms with van der Waals surface area (Å²) in [6.45, 7) is 4.93. The highest BCUT2D eigenvalue weighted by atomic mass is 16.5. The summed E-state index contributed by atoms with van der Waals surface area (Å²) in [5.74, 6) is -0.895. The van der Waals surface area contributed by atoms with Gasteiger partial charge in [0.15, 0.2) is 0 Å². The SMILES string of the molecule is CCC(CC)(CC(=O)N1CC2CCC(C1)O2)C(=O)O. The zero-order valence-corrected chi connectivity index (χ0v) is 11.7. The third kappa shape index (κ3) is 2.76. The van der Waals surface area contributed by atoms with Crippen LogP contribution in [0.2, 0.25) is 0 Å². The first-order chi connectivity index (χ1) is 9.00. The molecule has 108 valence electrons. The topological polar surface area (TPSA) is 66.8 Å². The molecule has 2 aliphatic heterocycles. The number of carboxylic acid groups (broad SMARTS) is 1. The van der Waals surface area contributed by atoms with Gasteiger partial charge in [0, 0.05) is 19.5 Å². The van der Waals surface area contributed by atoms with E-state index in [-0.39, 0.29) is 24.5 Å². The molecule has 2 bridgehead atoms. The van der Waals surface area contributed by atoms with Crippen LogP contribution in [0, 0.1) is 5.41 Å². The van der Waals surface area contributed by atoms with Gasteiger partial charge in [-0.1, -0.05) is 13.8 Å². The number of fused-ring (bicyclic) bond motifs is 2. The van der Waals surface area contributed by atoms with Crippen LogP contribution in [-0.2, 0) is 14.3 Å². The number of amides is 1. The van der Waals surface area contributed by atoms with E-state index < -0.39 is 11.4 Å². The van der Waals surface area contributed by atoms with Crippen molar-refractivity contribution < 1.29 is 19.4 Å². The van der Waals surface area contributed by atoms with Crippen LogP contribution >= 0.6 is 0 Å². The normalized spacial score (nSPS) is 26.5. The summed E-state index contributed by atoms with van der Waals surface area (Å²) in [5.41, 5.74) is -0.908. The lowest BCUT2D eigenvalue weighted by molar-refractivity contribution is -0.156. The molecule has 0 saturated carbocycles. The minimum atomic E-state index is -0.908. The minimum Gasteiger partial charge on any atom is -0.481 e. The van der Waals surface area contributed by atoms with Gasteiger partial charge < -0.3 is 14.7 Å². The number of hydrogen-bond acceptors (Lipinski definition) is 3. The Bertz CT molecular complexity index is 352. The van der Waals surface area contributed by atoms with E-state index in [4.69, 9.17) is 4.74 Å². The maximum atomic E-state index is 12.4. The van der Waals surface area contributed by atoms with E-state index in [2.05, 4.69) is 0 Å². The molecule has 1 N–H and O–H groups in total. The van der Waals surface area contributed by atoms with Crippen LogP contribution in [0.4, 0.5) is 0 Å². The van der Waals surface area contributed by atoms with E-state index in [0.717, 1.165) is 12.8 Å². The van der Waals surface area contributed by atoms with Crippen LogP contribution in [0.1, 0.15) is 46.0 Å². The number of carbonyl (C=O) groups excluding carboxylic acids is 1. The van der Waals surface area contributed by atoms with Gasteiger partial charge in [0.05, 0.1) is 17.6 Å². The molecular weight excluding hydrogens is 246 g/mol. The van der Waals surface area contributed by atoms with Crippen LogP contribution in [0.15, 0.2) is 0 Å². The van der Waals surface area contributed by atoms with E-state index in [1.54, 1.807) is 4.90 Å². The van der Waals surface area contributed by atoms with E-state index in [9.17, 15) is 14.7 Å². The van der Waals surface area contributed by atoms with Gasteiger partial charge in [0.25, 0.3) is 0 Å². The van der Waals surface area contributed by atoms with E-state index >= 15 is 0 Å². The summed E-state index contributed by atoms with van der Waals surface area (Å²) in [4.78, 5) is 25.6. The molecule has 2 fully saturated rings. The summed E-state index contributed by atoms with van der Waals surface area (Å²) < 4.78 is 5.70. The summed E-state index contributed by atoms with van der Waals surface area (Å²) in [6.07, 6.45) is 3.42. The lowest BCUT2D eigenvalue weighted by Crippen LogP contribution is -2.48. The molecule has 5 nitrogen and oxygen atoms in total. The molecule has 5 heteroatoms. The molecular formula is C14H23NO4. The van der Waals surface area contributed by atoms with Crippen LogP contribution in [0.5, 0.6) is 0 Å². The van der Waals surface area contributed by atoms with Crippen molar-refractivity contribution in [1.29, 1.82) is 0 Å².